The van der Waals surface area contributed by atoms with Crippen molar-refractivity contribution < 1.29 is 47.2 Å². The third-order valence-electron chi connectivity index (χ3n) is 10.3. The van der Waals surface area contributed by atoms with Gasteiger partial charge >= 0.3 is 11.9 Å². The highest BCUT2D eigenvalue weighted by Crippen LogP contribution is 2.38. The molecule has 364 valence electrons. The average molecular weight is 906 g/mol. The highest BCUT2D eigenvalue weighted by atomic mass is 31.2. The lowest BCUT2D eigenvalue weighted by Gasteiger charge is -2.28. The molecule has 0 fully saturated rings. The van der Waals surface area contributed by atoms with Crippen molar-refractivity contribution in [1.29, 1.82) is 0 Å². The molecule has 2 unspecified atom stereocenters. The first-order valence-electron chi connectivity index (χ1n) is 24.8. The number of phosphoric ester groups is 1. The number of allylic oxidation sites excluding steroid dienone is 10. The monoisotopic (exact) mass is 906 g/mol. The molecule has 0 saturated carbocycles. The Morgan fingerprint density at radius 1 is 0.603 bits per heavy atom. The van der Waals surface area contributed by atoms with Crippen LogP contribution in [-0.2, 0) is 32.7 Å². The van der Waals surface area contributed by atoms with Gasteiger partial charge in [0.25, 0.3) is 7.82 Å². The predicted octanol–water partition coefficient (Wildman–Crippen LogP) is 12.9. The maximum atomic E-state index is 12.7. The Morgan fingerprint density at radius 3 is 1.75 bits per heavy atom. The van der Waals surface area contributed by atoms with Crippen LogP contribution in [0.25, 0.3) is 0 Å². The second-order valence-corrected chi connectivity index (χ2v) is 19.1. The van der Waals surface area contributed by atoms with E-state index in [9.17, 15) is 24.2 Å². The van der Waals surface area contributed by atoms with E-state index in [1.54, 1.807) is 6.08 Å². The molecule has 0 rings (SSSR count). The van der Waals surface area contributed by atoms with Crippen LogP contribution in [0.15, 0.2) is 72.9 Å². The maximum absolute atomic E-state index is 12.7. The molecule has 0 aliphatic carbocycles. The molecule has 11 heteroatoms. The van der Waals surface area contributed by atoms with Gasteiger partial charge in [-0.1, -0.05) is 177 Å². The summed E-state index contributed by atoms with van der Waals surface area (Å²) in [5.74, 6) is -0.944. The molecule has 0 spiro atoms. The van der Waals surface area contributed by atoms with Crippen LogP contribution in [0.5, 0.6) is 0 Å². The summed E-state index contributed by atoms with van der Waals surface area (Å²) in [5.41, 5.74) is 0. The summed E-state index contributed by atoms with van der Waals surface area (Å²) in [6.07, 6.45) is 51.1. The van der Waals surface area contributed by atoms with E-state index in [-0.39, 0.29) is 26.1 Å². The van der Waals surface area contributed by atoms with Gasteiger partial charge in [-0.3, -0.25) is 14.2 Å². The molecule has 0 amide bonds. The number of carbonyl (C=O) groups is 2. The van der Waals surface area contributed by atoms with Gasteiger partial charge in [-0.2, -0.15) is 0 Å². The molecule has 10 nitrogen and oxygen atoms in total. The summed E-state index contributed by atoms with van der Waals surface area (Å²) in [7, 11) is 1.09. The highest BCUT2D eigenvalue weighted by Gasteiger charge is 2.21. The molecule has 0 saturated heterocycles. The summed E-state index contributed by atoms with van der Waals surface area (Å²) in [6, 6.07) is 0. The molecule has 0 aromatic heterocycles. The number of aliphatic hydroxyl groups is 1. The molecule has 0 aliphatic heterocycles. The summed E-state index contributed by atoms with van der Waals surface area (Å²) in [4.78, 5) is 37.7. The summed E-state index contributed by atoms with van der Waals surface area (Å²) < 4.78 is 33.9. The summed E-state index contributed by atoms with van der Waals surface area (Å²) in [5, 5.41) is 10.0. The lowest BCUT2D eigenvalue weighted by molar-refractivity contribution is -0.870. The number of hydrogen-bond acceptors (Lipinski definition) is 9. The second kappa shape index (κ2) is 43.3. The molecular formula is C52H92NO9P. The minimum Gasteiger partial charge on any atom is -0.756 e. The van der Waals surface area contributed by atoms with Gasteiger partial charge in [0.1, 0.15) is 19.8 Å². The summed E-state index contributed by atoms with van der Waals surface area (Å²) >= 11 is 0. The van der Waals surface area contributed by atoms with Crippen LogP contribution in [0.2, 0.25) is 0 Å². The molecular weight excluding hydrogens is 814 g/mol. The quantitative estimate of drug-likeness (QED) is 0.0158. The number of rotatable bonds is 44. The number of phosphoric acid groups is 1. The van der Waals surface area contributed by atoms with E-state index >= 15 is 0 Å². The van der Waals surface area contributed by atoms with Crippen molar-refractivity contribution in [3.05, 3.63) is 72.9 Å². The zero-order valence-electron chi connectivity index (χ0n) is 40.6. The fourth-order valence-corrected chi connectivity index (χ4v) is 7.14. The first-order valence-corrected chi connectivity index (χ1v) is 26.2. The first kappa shape index (κ1) is 60.4. The number of ether oxygens (including phenoxy) is 2. The van der Waals surface area contributed by atoms with Crippen molar-refractivity contribution in [3.8, 4) is 0 Å². The smallest absolute Gasteiger partial charge is 0.306 e. The van der Waals surface area contributed by atoms with Crippen molar-refractivity contribution in [2.45, 2.75) is 199 Å². The zero-order chi connectivity index (χ0) is 46.5. The molecule has 0 heterocycles. The standard InChI is InChI=1S/C52H92NO9P/c1-6-8-10-12-14-15-16-17-18-19-20-21-22-23-24-25-26-27-32-36-40-44-52(56)62-50(48-61-63(57,58)60-46-45-53(3,4)5)47-59-51(55)43-39-35-31-29-28-30-34-38-42-49(54)41-37-33-13-11-9-7-2/h9,11,17-18,29-31,33-34,37-38,42,49-50,54H,6-8,10,12-16,19-28,32,35-36,39-41,43-48H2,1-5H3/b11-9-,18-17-,31-29-,34-30-,37-33-,42-38+/t49?,50-/m1/s1. The maximum Gasteiger partial charge on any atom is 0.306 e. The van der Waals surface area contributed by atoms with Gasteiger partial charge in [-0.05, 0) is 70.6 Å². The van der Waals surface area contributed by atoms with E-state index in [1.165, 1.54) is 96.3 Å². The van der Waals surface area contributed by atoms with Crippen molar-refractivity contribution in [1.82, 2.24) is 0 Å². The van der Waals surface area contributed by atoms with Gasteiger partial charge in [0.2, 0.25) is 0 Å². The Hall–Kier alpha value is -2.59. The number of hydrogen-bond donors (Lipinski definition) is 1. The van der Waals surface area contributed by atoms with Crippen LogP contribution >= 0.6 is 7.82 Å². The number of nitrogens with zero attached hydrogens (tertiary/aromatic N) is 1. The largest absolute Gasteiger partial charge is 0.756 e. The van der Waals surface area contributed by atoms with E-state index in [1.807, 2.05) is 57.6 Å². The van der Waals surface area contributed by atoms with Gasteiger partial charge in [-0.15, -0.1) is 0 Å². The molecule has 3 atom stereocenters. The van der Waals surface area contributed by atoms with Crippen molar-refractivity contribution in [2.75, 3.05) is 47.5 Å². The Labute approximate surface area is 385 Å². The third kappa shape index (κ3) is 47.2. The van der Waals surface area contributed by atoms with Crippen LogP contribution in [-0.4, -0.2) is 81.2 Å². The summed E-state index contributed by atoms with van der Waals surface area (Å²) in [6.45, 7) is 3.95. The number of unbranched alkanes of at least 4 members (excludes halogenated alkanes) is 18. The fraction of sp³-hybridized carbons (Fsp3) is 0.731. The third-order valence-corrected chi connectivity index (χ3v) is 11.3. The van der Waals surface area contributed by atoms with Gasteiger partial charge < -0.3 is 33.0 Å². The zero-order valence-corrected chi connectivity index (χ0v) is 41.5. The topological polar surface area (TPSA) is 131 Å². The minimum atomic E-state index is -4.66. The van der Waals surface area contributed by atoms with Crippen LogP contribution in [0.4, 0.5) is 0 Å². The molecule has 0 bridgehead atoms. The Kier molecular flexibility index (Phi) is 41.5. The van der Waals surface area contributed by atoms with Gasteiger partial charge in [0.15, 0.2) is 6.10 Å². The van der Waals surface area contributed by atoms with E-state index in [0.29, 0.717) is 36.7 Å². The van der Waals surface area contributed by atoms with Gasteiger partial charge in [0, 0.05) is 12.8 Å². The number of quaternary nitrogens is 1. The van der Waals surface area contributed by atoms with Gasteiger partial charge in [0.05, 0.1) is 33.9 Å². The molecule has 0 radical (unpaired) electrons. The average Bonchev–Trinajstić information content (AvgIpc) is 3.23. The van der Waals surface area contributed by atoms with E-state index < -0.39 is 38.6 Å². The Bertz CT molecular complexity index is 1320. The Morgan fingerprint density at radius 2 is 1.13 bits per heavy atom. The molecule has 0 aromatic carbocycles. The molecule has 0 aromatic rings. The van der Waals surface area contributed by atoms with Crippen molar-refractivity contribution in [2.24, 2.45) is 0 Å². The number of carbonyl (C=O) groups excluding carboxylic acids is 2. The number of esters is 2. The van der Waals surface area contributed by atoms with Crippen molar-refractivity contribution in [3.63, 3.8) is 0 Å². The molecule has 1 N–H and O–H groups in total. The normalized spacial score (nSPS) is 14.6. The molecule has 0 aliphatic rings. The minimum absolute atomic E-state index is 0.0527. The fourth-order valence-electron chi connectivity index (χ4n) is 6.42. The van der Waals surface area contributed by atoms with E-state index in [0.717, 1.165) is 38.5 Å². The Balaban J connectivity index is 4.40. The van der Waals surface area contributed by atoms with Gasteiger partial charge in [-0.25, -0.2) is 0 Å². The predicted molar refractivity (Wildman–Crippen MR) is 260 cm³/mol. The first-order chi connectivity index (χ1) is 30.4. The van der Waals surface area contributed by atoms with E-state index in [2.05, 4.69) is 44.2 Å². The highest BCUT2D eigenvalue weighted by molar-refractivity contribution is 7.45. The lowest BCUT2D eigenvalue weighted by atomic mass is 10.0. The number of aliphatic hydroxyl groups excluding tert-OH is 1. The molecule has 63 heavy (non-hydrogen) atoms. The second-order valence-electron chi connectivity index (χ2n) is 17.6. The van der Waals surface area contributed by atoms with Crippen LogP contribution in [0.1, 0.15) is 187 Å². The SMILES string of the molecule is CC/C=C\C/C=C\CC(O)/C=C/C=C\C/C=C\CCCC(=O)OC[C@H](COP(=O)([O-])OCC[N+](C)(C)C)OC(=O)CCCCCCCCCCCCC/C=C\CCCCCCCC. The number of likely N-dealkylation sites (N-methyl/N-ethyl adjacent to an activating group) is 1. The van der Waals surface area contributed by atoms with Crippen molar-refractivity contribution >= 4 is 19.8 Å². The van der Waals surface area contributed by atoms with Crippen LogP contribution < -0.4 is 4.89 Å². The lowest BCUT2D eigenvalue weighted by Crippen LogP contribution is -2.37. The van der Waals surface area contributed by atoms with E-state index in [4.69, 9.17) is 18.5 Å². The van der Waals surface area contributed by atoms with Crippen LogP contribution in [0.3, 0.4) is 0 Å². The van der Waals surface area contributed by atoms with Crippen LogP contribution in [0, 0.1) is 0 Å².